The quantitative estimate of drug-likeness (QED) is 0.673. The molecule has 3 rings (SSSR count). The summed E-state index contributed by atoms with van der Waals surface area (Å²) in [6.07, 6.45) is 2.92. The topological polar surface area (TPSA) is 86.1 Å². The number of anilines is 1. The number of nitrogens with zero attached hydrogens (tertiary/aromatic N) is 3. The van der Waals surface area contributed by atoms with E-state index < -0.39 is 0 Å². The van der Waals surface area contributed by atoms with Crippen LogP contribution < -0.4 is 10.1 Å². The number of amides is 1. The number of halogens is 1. The van der Waals surface area contributed by atoms with Crippen molar-refractivity contribution < 1.29 is 14.3 Å². The summed E-state index contributed by atoms with van der Waals surface area (Å²) in [6, 6.07) is 11.6. The number of hydrogen-bond donors (Lipinski definition) is 1. The fourth-order valence-electron chi connectivity index (χ4n) is 2.26. The highest BCUT2D eigenvalue weighted by Gasteiger charge is 2.11. The third-order valence-electron chi connectivity index (χ3n) is 3.53. The number of ether oxygens (including phenoxy) is 1. The summed E-state index contributed by atoms with van der Waals surface area (Å²) < 4.78 is 6.97. The monoisotopic (exact) mass is 370 g/mol. The molecule has 0 aliphatic heterocycles. The average Bonchev–Trinajstić information content (AvgIpc) is 3.15. The number of hydrogen-bond acceptors (Lipinski definition) is 5. The van der Waals surface area contributed by atoms with Gasteiger partial charge < -0.3 is 10.1 Å². The van der Waals surface area contributed by atoms with Crippen LogP contribution in [0.4, 0.5) is 5.69 Å². The highest BCUT2D eigenvalue weighted by molar-refractivity contribution is 6.31. The van der Waals surface area contributed by atoms with E-state index in [2.05, 4.69) is 15.4 Å². The molecule has 7 nitrogen and oxygen atoms in total. The Bertz CT molecular complexity index is 924. The number of ketones is 1. The molecule has 0 aliphatic carbocycles. The van der Waals surface area contributed by atoms with E-state index in [1.807, 2.05) is 0 Å². The van der Waals surface area contributed by atoms with Gasteiger partial charge in [0.25, 0.3) is 5.91 Å². The van der Waals surface area contributed by atoms with E-state index >= 15 is 0 Å². The third-order valence-corrected chi connectivity index (χ3v) is 3.76. The second-order valence-electron chi connectivity index (χ2n) is 5.42. The van der Waals surface area contributed by atoms with Crippen LogP contribution in [0.5, 0.6) is 5.75 Å². The molecule has 1 N–H and O–H groups in total. The summed E-state index contributed by atoms with van der Waals surface area (Å²) in [5.41, 5.74) is 1.70. The van der Waals surface area contributed by atoms with Crippen LogP contribution in [0.15, 0.2) is 55.1 Å². The van der Waals surface area contributed by atoms with E-state index in [9.17, 15) is 9.59 Å². The maximum atomic E-state index is 12.2. The van der Waals surface area contributed by atoms with Crippen molar-refractivity contribution in [3.05, 3.63) is 65.7 Å². The van der Waals surface area contributed by atoms with Gasteiger partial charge in [0, 0.05) is 10.6 Å². The first-order valence-electron chi connectivity index (χ1n) is 7.71. The lowest BCUT2D eigenvalue weighted by molar-refractivity contribution is -0.118. The predicted molar refractivity (Wildman–Crippen MR) is 96.9 cm³/mol. The molecule has 0 fully saturated rings. The van der Waals surface area contributed by atoms with Crippen molar-refractivity contribution in [2.24, 2.45) is 0 Å². The number of benzene rings is 2. The highest BCUT2D eigenvalue weighted by Crippen LogP contribution is 2.24. The number of aromatic nitrogens is 3. The summed E-state index contributed by atoms with van der Waals surface area (Å²) >= 11 is 6.02. The van der Waals surface area contributed by atoms with Gasteiger partial charge in [0.1, 0.15) is 18.4 Å². The van der Waals surface area contributed by atoms with Gasteiger partial charge in [-0.05, 0) is 49.4 Å². The van der Waals surface area contributed by atoms with Crippen molar-refractivity contribution >= 4 is 29.0 Å². The van der Waals surface area contributed by atoms with E-state index in [0.29, 0.717) is 27.7 Å². The van der Waals surface area contributed by atoms with Crippen molar-refractivity contribution in [3.8, 4) is 11.4 Å². The van der Waals surface area contributed by atoms with Gasteiger partial charge >= 0.3 is 0 Å². The van der Waals surface area contributed by atoms with Crippen LogP contribution in [0.2, 0.25) is 5.02 Å². The SMILES string of the molecule is CC(=O)c1ccc(OCC(=O)Nc2cc(Cl)ccc2-n2cncn2)cc1. The van der Waals surface area contributed by atoms with Gasteiger partial charge in [-0.2, -0.15) is 5.10 Å². The van der Waals surface area contributed by atoms with Gasteiger partial charge in [-0.3, -0.25) is 9.59 Å². The standard InChI is InChI=1S/C18H15ClN4O3/c1-12(24)13-2-5-15(6-3-13)26-9-18(25)22-16-8-14(19)4-7-17(16)23-11-20-10-21-23/h2-8,10-11H,9H2,1H3,(H,22,25). The first kappa shape index (κ1) is 17.6. The Balaban J connectivity index is 1.67. The molecular weight excluding hydrogens is 356 g/mol. The summed E-state index contributed by atoms with van der Waals surface area (Å²) in [5.74, 6) is 0.105. The first-order chi connectivity index (χ1) is 12.5. The van der Waals surface area contributed by atoms with Crippen molar-refractivity contribution in [2.75, 3.05) is 11.9 Å². The van der Waals surface area contributed by atoms with E-state index in [0.717, 1.165) is 0 Å². The maximum Gasteiger partial charge on any atom is 0.262 e. The van der Waals surface area contributed by atoms with Crippen LogP contribution in [0, 0.1) is 0 Å². The zero-order valence-corrected chi connectivity index (χ0v) is 14.6. The molecule has 2 aromatic carbocycles. The molecule has 0 spiro atoms. The van der Waals surface area contributed by atoms with Crippen LogP contribution in [-0.2, 0) is 4.79 Å². The molecule has 1 aromatic heterocycles. The Hall–Kier alpha value is -3.19. The third kappa shape index (κ3) is 4.25. The molecule has 26 heavy (non-hydrogen) atoms. The first-order valence-corrected chi connectivity index (χ1v) is 8.09. The molecule has 0 saturated carbocycles. The minimum Gasteiger partial charge on any atom is -0.484 e. The molecule has 0 bridgehead atoms. The summed E-state index contributed by atoms with van der Waals surface area (Å²) in [5, 5.41) is 7.28. The fourth-order valence-corrected chi connectivity index (χ4v) is 2.43. The van der Waals surface area contributed by atoms with Gasteiger partial charge in [0.05, 0.1) is 11.4 Å². The van der Waals surface area contributed by atoms with Crippen molar-refractivity contribution in [2.45, 2.75) is 6.92 Å². The number of carbonyl (C=O) groups is 2. The zero-order valence-electron chi connectivity index (χ0n) is 13.8. The average molecular weight is 371 g/mol. The molecule has 132 valence electrons. The lowest BCUT2D eigenvalue weighted by atomic mass is 10.1. The predicted octanol–water partition coefficient (Wildman–Crippen LogP) is 3.14. The van der Waals surface area contributed by atoms with Crippen molar-refractivity contribution in [1.29, 1.82) is 0 Å². The fraction of sp³-hybridized carbons (Fsp3) is 0.111. The van der Waals surface area contributed by atoms with Crippen molar-refractivity contribution in [3.63, 3.8) is 0 Å². The maximum absolute atomic E-state index is 12.2. The molecule has 3 aromatic rings. The molecule has 0 radical (unpaired) electrons. The lowest BCUT2D eigenvalue weighted by Gasteiger charge is -2.12. The van der Waals surface area contributed by atoms with Gasteiger partial charge in [-0.1, -0.05) is 11.6 Å². The van der Waals surface area contributed by atoms with Crippen LogP contribution in [-0.4, -0.2) is 33.1 Å². The number of Topliss-reactive ketones (excluding diaryl/α,β-unsaturated/α-hetero) is 1. The van der Waals surface area contributed by atoms with Crippen LogP contribution in [0.1, 0.15) is 17.3 Å². The molecule has 1 amide bonds. The molecule has 8 heteroatoms. The Morgan fingerprint density at radius 3 is 2.62 bits per heavy atom. The minimum atomic E-state index is -0.357. The Labute approximate surface area is 154 Å². The number of carbonyl (C=O) groups excluding carboxylic acids is 2. The Kier molecular flexibility index (Phi) is 5.28. The number of rotatable bonds is 6. The van der Waals surface area contributed by atoms with E-state index in [1.165, 1.54) is 24.3 Å². The van der Waals surface area contributed by atoms with Crippen molar-refractivity contribution in [1.82, 2.24) is 14.8 Å². The Morgan fingerprint density at radius 1 is 1.19 bits per heavy atom. The summed E-state index contributed by atoms with van der Waals surface area (Å²) in [6.45, 7) is 1.30. The van der Waals surface area contributed by atoms with Crippen LogP contribution in [0.25, 0.3) is 5.69 Å². The van der Waals surface area contributed by atoms with Gasteiger partial charge in [-0.15, -0.1) is 0 Å². The summed E-state index contributed by atoms with van der Waals surface area (Å²) in [4.78, 5) is 27.4. The van der Waals surface area contributed by atoms with Gasteiger partial charge in [0.15, 0.2) is 12.4 Å². The highest BCUT2D eigenvalue weighted by atomic mass is 35.5. The second-order valence-corrected chi connectivity index (χ2v) is 5.86. The summed E-state index contributed by atoms with van der Waals surface area (Å²) in [7, 11) is 0. The normalized spacial score (nSPS) is 10.4. The molecule has 0 atom stereocenters. The van der Waals surface area contributed by atoms with E-state index in [-0.39, 0.29) is 18.3 Å². The van der Waals surface area contributed by atoms with Crippen LogP contribution in [0.3, 0.4) is 0 Å². The lowest BCUT2D eigenvalue weighted by Crippen LogP contribution is -2.21. The smallest absolute Gasteiger partial charge is 0.262 e. The molecule has 0 saturated heterocycles. The second kappa shape index (κ2) is 7.79. The van der Waals surface area contributed by atoms with E-state index in [4.69, 9.17) is 16.3 Å². The molecule has 0 unspecified atom stereocenters. The zero-order chi connectivity index (χ0) is 18.5. The molecule has 1 heterocycles. The Morgan fingerprint density at radius 2 is 1.96 bits per heavy atom. The largest absolute Gasteiger partial charge is 0.484 e. The van der Waals surface area contributed by atoms with E-state index in [1.54, 1.807) is 42.5 Å². The van der Waals surface area contributed by atoms with Gasteiger partial charge in [-0.25, -0.2) is 9.67 Å². The number of nitrogens with one attached hydrogen (secondary N) is 1. The van der Waals surface area contributed by atoms with Gasteiger partial charge in [0.2, 0.25) is 0 Å². The minimum absolute atomic E-state index is 0.0316. The molecular formula is C18H15ClN4O3. The van der Waals surface area contributed by atoms with Crippen LogP contribution >= 0.6 is 11.6 Å². The molecule has 0 aliphatic rings.